The Morgan fingerprint density at radius 3 is 1.84 bits per heavy atom. The van der Waals surface area contributed by atoms with Gasteiger partial charge in [-0.05, 0) is 49.4 Å². The van der Waals surface area contributed by atoms with E-state index >= 15 is 0 Å². The average molecular weight is 450 g/mol. The molecule has 0 radical (unpaired) electrons. The number of nitrogens with one attached hydrogen (secondary N) is 2. The van der Waals surface area contributed by atoms with Gasteiger partial charge in [-0.15, -0.1) is 0 Å². The molecule has 0 unspecified atom stereocenters. The molecule has 0 aliphatic rings. The van der Waals surface area contributed by atoms with Crippen LogP contribution in [0.1, 0.15) is 27.6 Å². The lowest BCUT2D eigenvalue weighted by molar-refractivity contribution is -0.117. The monoisotopic (exact) mass is 450 g/mol. The van der Waals surface area contributed by atoms with E-state index in [2.05, 4.69) is 19.5 Å². The lowest BCUT2D eigenvalue weighted by Crippen LogP contribution is -2.41. The Kier molecular flexibility index (Phi) is 7.72. The van der Waals surface area contributed by atoms with Crippen LogP contribution in [0.15, 0.2) is 47.4 Å². The first-order valence-electron chi connectivity index (χ1n) is 8.90. The number of hydrogen-bond acceptors (Lipinski definition) is 8. The molecule has 1 atom stereocenters. The molecule has 0 aliphatic carbocycles. The summed E-state index contributed by atoms with van der Waals surface area (Å²) in [4.78, 5) is 36.2. The summed E-state index contributed by atoms with van der Waals surface area (Å²) in [6, 6.07) is 8.31. The van der Waals surface area contributed by atoms with E-state index in [1.807, 2.05) is 0 Å². The summed E-state index contributed by atoms with van der Waals surface area (Å²) in [7, 11) is -0.198. The molecule has 0 aromatic heterocycles. The Morgan fingerprint density at radius 1 is 0.871 bits per heavy atom. The summed E-state index contributed by atoms with van der Waals surface area (Å²) in [5.41, 5.74) is 0.100. The predicted octanol–water partition coefficient (Wildman–Crippen LogP) is 1.57. The van der Waals surface area contributed by atoms with Crippen molar-refractivity contribution >= 4 is 33.6 Å². The first kappa shape index (κ1) is 23.8. The summed E-state index contributed by atoms with van der Waals surface area (Å²) < 4.78 is 41.6. The first-order chi connectivity index (χ1) is 14.6. The highest BCUT2D eigenvalue weighted by Crippen LogP contribution is 2.18. The van der Waals surface area contributed by atoms with Crippen LogP contribution in [0.5, 0.6) is 5.75 Å². The van der Waals surface area contributed by atoms with Crippen molar-refractivity contribution in [1.29, 1.82) is 0 Å². The van der Waals surface area contributed by atoms with Crippen molar-refractivity contribution in [3.63, 3.8) is 0 Å². The van der Waals surface area contributed by atoms with E-state index in [1.165, 1.54) is 70.7 Å². The number of carbonyl (C=O) groups excluding carboxylic acids is 3. The molecule has 1 amide bonds. The number of sulfonamides is 1. The number of methoxy groups -OCH3 is 3. The number of hydrogen-bond donors (Lipinski definition) is 2. The maximum Gasteiger partial charge on any atom is 0.337 e. The summed E-state index contributed by atoms with van der Waals surface area (Å²) in [5.74, 6) is -1.68. The third-order valence-electron chi connectivity index (χ3n) is 4.14. The van der Waals surface area contributed by atoms with Gasteiger partial charge in [-0.1, -0.05) is 0 Å². The smallest absolute Gasteiger partial charge is 0.337 e. The van der Waals surface area contributed by atoms with Crippen LogP contribution in [0.3, 0.4) is 0 Å². The summed E-state index contributed by atoms with van der Waals surface area (Å²) in [6.45, 7) is 1.35. The van der Waals surface area contributed by atoms with Gasteiger partial charge in [0.05, 0.1) is 43.4 Å². The third kappa shape index (κ3) is 6.03. The van der Waals surface area contributed by atoms with Crippen LogP contribution >= 0.6 is 0 Å². The fourth-order valence-corrected chi connectivity index (χ4v) is 3.73. The minimum absolute atomic E-state index is 0.00664. The number of anilines is 1. The van der Waals surface area contributed by atoms with Crippen LogP contribution in [0.25, 0.3) is 0 Å². The standard InChI is InChI=1S/C20H22N2O8S/c1-12(22-31(26,27)17-7-5-16(28-2)6-8-17)18(23)21-15-10-13(19(24)29-3)9-14(11-15)20(25)30-4/h5-12,22H,1-4H3,(H,21,23)/t12-/m0/s1. The zero-order valence-corrected chi connectivity index (χ0v) is 18.1. The topological polar surface area (TPSA) is 137 Å². The van der Waals surface area contributed by atoms with Crippen LogP contribution < -0.4 is 14.8 Å². The Balaban J connectivity index is 2.21. The van der Waals surface area contributed by atoms with Crippen molar-refractivity contribution in [3.05, 3.63) is 53.6 Å². The van der Waals surface area contributed by atoms with Crippen molar-refractivity contribution in [1.82, 2.24) is 4.72 Å². The van der Waals surface area contributed by atoms with Crippen molar-refractivity contribution in [2.75, 3.05) is 26.6 Å². The van der Waals surface area contributed by atoms with Gasteiger partial charge in [0.1, 0.15) is 5.75 Å². The van der Waals surface area contributed by atoms with Crippen LogP contribution in [0.4, 0.5) is 5.69 Å². The van der Waals surface area contributed by atoms with Gasteiger partial charge >= 0.3 is 11.9 Å². The number of rotatable bonds is 8. The zero-order chi connectivity index (χ0) is 23.2. The molecule has 2 rings (SSSR count). The van der Waals surface area contributed by atoms with Crippen molar-refractivity contribution in [2.24, 2.45) is 0 Å². The minimum atomic E-state index is -3.99. The fourth-order valence-electron chi connectivity index (χ4n) is 2.53. The molecule has 31 heavy (non-hydrogen) atoms. The van der Waals surface area contributed by atoms with Gasteiger partial charge in [0.15, 0.2) is 0 Å². The number of ether oxygens (including phenoxy) is 3. The molecule has 0 saturated carbocycles. The molecule has 0 spiro atoms. The molecule has 2 aromatic carbocycles. The molecule has 0 bridgehead atoms. The quantitative estimate of drug-likeness (QED) is 0.578. The molecule has 0 fully saturated rings. The van der Waals surface area contributed by atoms with Gasteiger partial charge in [0.25, 0.3) is 0 Å². The van der Waals surface area contributed by atoms with Crippen molar-refractivity contribution < 1.29 is 37.0 Å². The highest BCUT2D eigenvalue weighted by molar-refractivity contribution is 7.89. The number of benzene rings is 2. The molecule has 0 aliphatic heterocycles. The minimum Gasteiger partial charge on any atom is -0.497 e. The lowest BCUT2D eigenvalue weighted by Gasteiger charge is -2.15. The predicted molar refractivity (Wildman–Crippen MR) is 111 cm³/mol. The maximum atomic E-state index is 12.5. The summed E-state index contributed by atoms with van der Waals surface area (Å²) in [6.07, 6.45) is 0. The Morgan fingerprint density at radius 2 is 1.39 bits per heavy atom. The summed E-state index contributed by atoms with van der Waals surface area (Å²) in [5, 5.41) is 2.47. The van der Waals surface area contributed by atoms with Crippen LogP contribution in [0.2, 0.25) is 0 Å². The normalized spacial score (nSPS) is 11.9. The average Bonchev–Trinajstić information content (AvgIpc) is 2.77. The number of esters is 2. The van der Waals surface area contributed by atoms with Gasteiger partial charge in [-0.25, -0.2) is 18.0 Å². The van der Waals surface area contributed by atoms with Gasteiger partial charge < -0.3 is 19.5 Å². The maximum absolute atomic E-state index is 12.5. The van der Waals surface area contributed by atoms with E-state index in [0.717, 1.165) is 0 Å². The second-order valence-corrected chi connectivity index (χ2v) is 8.00. The van der Waals surface area contributed by atoms with E-state index in [4.69, 9.17) is 4.74 Å². The van der Waals surface area contributed by atoms with Gasteiger partial charge in [0, 0.05) is 5.69 Å². The molecule has 166 valence electrons. The molecule has 10 nitrogen and oxygen atoms in total. The molecular weight excluding hydrogens is 428 g/mol. The first-order valence-corrected chi connectivity index (χ1v) is 10.4. The summed E-state index contributed by atoms with van der Waals surface area (Å²) >= 11 is 0. The van der Waals surface area contributed by atoms with E-state index in [0.29, 0.717) is 5.75 Å². The van der Waals surface area contributed by atoms with Crippen LogP contribution in [0, 0.1) is 0 Å². The Bertz CT molecular complexity index is 1050. The van der Waals surface area contributed by atoms with Crippen molar-refractivity contribution in [3.8, 4) is 5.75 Å². The Labute approximate surface area is 179 Å². The van der Waals surface area contributed by atoms with E-state index in [9.17, 15) is 22.8 Å². The zero-order valence-electron chi connectivity index (χ0n) is 17.3. The molecule has 11 heteroatoms. The van der Waals surface area contributed by atoms with Gasteiger partial charge in [-0.3, -0.25) is 4.79 Å². The highest BCUT2D eigenvalue weighted by atomic mass is 32.2. The van der Waals surface area contributed by atoms with E-state index < -0.39 is 33.9 Å². The van der Waals surface area contributed by atoms with E-state index in [-0.39, 0.29) is 21.7 Å². The third-order valence-corrected chi connectivity index (χ3v) is 5.69. The van der Waals surface area contributed by atoms with Crippen LogP contribution in [-0.4, -0.2) is 53.6 Å². The fraction of sp³-hybridized carbons (Fsp3) is 0.250. The molecule has 0 saturated heterocycles. The second-order valence-electron chi connectivity index (χ2n) is 6.29. The molecule has 0 heterocycles. The van der Waals surface area contributed by atoms with Gasteiger partial charge in [0.2, 0.25) is 15.9 Å². The number of amides is 1. The molecule has 2 aromatic rings. The Hall–Kier alpha value is -3.44. The van der Waals surface area contributed by atoms with Crippen molar-refractivity contribution in [2.45, 2.75) is 17.9 Å². The molecular formula is C20H22N2O8S. The highest BCUT2D eigenvalue weighted by Gasteiger charge is 2.23. The number of carbonyl (C=O) groups is 3. The SMILES string of the molecule is COC(=O)c1cc(NC(=O)[C@H](C)NS(=O)(=O)c2ccc(OC)cc2)cc(C(=O)OC)c1. The largest absolute Gasteiger partial charge is 0.497 e. The second kappa shape index (κ2) is 10.0. The van der Waals surface area contributed by atoms with Gasteiger partial charge in [-0.2, -0.15) is 4.72 Å². The van der Waals surface area contributed by atoms with E-state index in [1.54, 1.807) is 0 Å². The molecule has 2 N–H and O–H groups in total. The lowest BCUT2D eigenvalue weighted by atomic mass is 10.1. The van der Waals surface area contributed by atoms with Crippen LogP contribution in [-0.2, 0) is 24.3 Å².